The van der Waals surface area contributed by atoms with Gasteiger partial charge in [0.15, 0.2) is 0 Å². The molecule has 1 N–H and O–H groups in total. The maximum absolute atomic E-state index is 13.9. The molecule has 0 spiro atoms. The summed E-state index contributed by atoms with van der Waals surface area (Å²) in [6.07, 6.45) is 2.82. The molecule has 208 valence electrons. The standard InChI is InChI=1S/C31H35N5O4/c1-20-27-28(34-36(20)26-8-5-6-17-39-26)24-18-23(22-11-9-21(19-32)10-12-22)13-14-25(24)35(29(27)37)16-7-15-33-30(38)40-31(2,3)4/h9-14,18,26H,5-8,15-17H2,1-4H3,(H,33,38). The first-order valence-corrected chi connectivity index (χ1v) is 13.8. The summed E-state index contributed by atoms with van der Waals surface area (Å²) in [5.74, 6) is 0. The number of amides is 1. The third-order valence-corrected chi connectivity index (χ3v) is 7.15. The van der Waals surface area contributed by atoms with Crippen LogP contribution < -0.4 is 10.9 Å². The predicted molar refractivity (Wildman–Crippen MR) is 154 cm³/mol. The van der Waals surface area contributed by atoms with Gasteiger partial charge in [-0.1, -0.05) is 18.2 Å². The van der Waals surface area contributed by atoms with Crippen molar-refractivity contribution >= 4 is 27.9 Å². The lowest BCUT2D eigenvalue weighted by Gasteiger charge is -2.23. The lowest BCUT2D eigenvalue weighted by molar-refractivity contribution is -0.0402. The Balaban J connectivity index is 1.56. The van der Waals surface area contributed by atoms with Crippen molar-refractivity contribution in [1.82, 2.24) is 19.7 Å². The summed E-state index contributed by atoms with van der Waals surface area (Å²) in [5.41, 5.74) is 4.09. The number of carbonyl (C=O) groups is 1. The first-order chi connectivity index (χ1) is 19.2. The zero-order valence-electron chi connectivity index (χ0n) is 23.5. The second-order valence-electron chi connectivity index (χ2n) is 11.2. The maximum Gasteiger partial charge on any atom is 0.407 e. The number of rotatable bonds is 6. The Hall–Kier alpha value is -4.16. The summed E-state index contributed by atoms with van der Waals surface area (Å²) in [5, 5.41) is 18.4. The highest BCUT2D eigenvalue weighted by atomic mass is 16.6. The summed E-state index contributed by atoms with van der Waals surface area (Å²) in [4.78, 5) is 26.0. The monoisotopic (exact) mass is 541 g/mol. The Morgan fingerprint density at radius 3 is 2.60 bits per heavy atom. The molecule has 1 atom stereocenters. The third-order valence-electron chi connectivity index (χ3n) is 7.15. The largest absolute Gasteiger partial charge is 0.444 e. The average Bonchev–Trinajstić information content (AvgIpc) is 3.29. The van der Waals surface area contributed by atoms with E-state index in [1.54, 1.807) is 16.7 Å². The molecular weight excluding hydrogens is 506 g/mol. The maximum atomic E-state index is 13.9. The van der Waals surface area contributed by atoms with Crippen LogP contribution in [0.5, 0.6) is 0 Å². The van der Waals surface area contributed by atoms with Crippen LogP contribution in [0.15, 0.2) is 47.3 Å². The molecule has 2 aromatic heterocycles. The number of hydrogen-bond donors (Lipinski definition) is 1. The minimum absolute atomic E-state index is 0.106. The molecular formula is C31H35N5O4. The minimum Gasteiger partial charge on any atom is -0.444 e. The number of benzene rings is 2. The van der Waals surface area contributed by atoms with Gasteiger partial charge in [-0.2, -0.15) is 10.4 Å². The smallest absolute Gasteiger partial charge is 0.407 e. The van der Waals surface area contributed by atoms with Crippen LogP contribution >= 0.6 is 0 Å². The van der Waals surface area contributed by atoms with E-state index >= 15 is 0 Å². The Kier molecular flexibility index (Phi) is 7.63. The van der Waals surface area contributed by atoms with Crippen LogP contribution in [0.4, 0.5) is 4.79 Å². The average molecular weight is 542 g/mol. The lowest BCUT2D eigenvalue weighted by Crippen LogP contribution is -2.33. The van der Waals surface area contributed by atoms with Crippen molar-refractivity contribution in [3.05, 3.63) is 64.1 Å². The number of carbonyl (C=O) groups excluding carboxylic acids is 1. The van der Waals surface area contributed by atoms with Crippen LogP contribution in [0.2, 0.25) is 0 Å². The zero-order valence-corrected chi connectivity index (χ0v) is 23.5. The van der Waals surface area contributed by atoms with Gasteiger partial charge in [-0.15, -0.1) is 0 Å². The number of aromatic nitrogens is 3. The van der Waals surface area contributed by atoms with Crippen LogP contribution in [0, 0.1) is 18.3 Å². The topological polar surface area (TPSA) is 111 Å². The van der Waals surface area contributed by atoms with Gasteiger partial charge in [-0.25, -0.2) is 9.48 Å². The molecule has 0 aliphatic carbocycles. The number of aryl methyl sites for hydroxylation is 2. The van der Waals surface area contributed by atoms with Gasteiger partial charge in [-0.3, -0.25) is 4.79 Å². The molecule has 0 bridgehead atoms. The molecule has 2 aromatic carbocycles. The van der Waals surface area contributed by atoms with E-state index in [4.69, 9.17) is 14.6 Å². The minimum atomic E-state index is -0.575. The van der Waals surface area contributed by atoms with Crippen LogP contribution in [-0.4, -0.2) is 39.2 Å². The number of nitrogens with zero attached hydrogens (tertiary/aromatic N) is 4. The van der Waals surface area contributed by atoms with Gasteiger partial charge in [0.25, 0.3) is 5.56 Å². The van der Waals surface area contributed by atoms with Crippen LogP contribution in [-0.2, 0) is 16.0 Å². The summed E-state index contributed by atoms with van der Waals surface area (Å²) in [6, 6.07) is 15.6. The summed E-state index contributed by atoms with van der Waals surface area (Å²) < 4.78 is 15.0. The SMILES string of the molecule is Cc1c2c(=O)n(CCCNC(=O)OC(C)(C)C)c3ccc(-c4ccc(C#N)cc4)cc3c2nn1C1CCCCO1. The molecule has 0 saturated carbocycles. The van der Waals surface area contributed by atoms with E-state index < -0.39 is 11.7 Å². The second kappa shape index (κ2) is 11.1. The van der Waals surface area contributed by atoms with Crippen LogP contribution in [0.1, 0.15) is 63.9 Å². The molecule has 5 rings (SSSR count). The normalized spacial score (nSPS) is 15.7. The first-order valence-electron chi connectivity index (χ1n) is 13.8. The number of nitriles is 1. The summed E-state index contributed by atoms with van der Waals surface area (Å²) in [7, 11) is 0. The highest BCUT2D eigenvalue weighted by molar-refractivity contribution is 6.05. The lowest BCUT2D eigenvalue weighted by atomic mass is 10.0. The number of fused-ring (bicyclic) bond motifs is 3. The molecule has 0 radical (unpaired) electrons. The second-order valence-corrected chi connectivity index (χ2v) is 11.2. The van der Waals surface area contributed by atoms with Crippen LogP contribution in [0.3, 0.4) is 0 Å². The molecule has 3 heterocycles. The Morgan fingerprint density at radius 2 is 1.93 bits per heavy atom. The number of ether oxygens (including phenoxy) is 2. The van der Waals surface area contributed by atoms with Gasteiger partial charge in [0.2, 0.25) is 0 Å². The Labute approximate surface area is 233 Å². The van der Waals surface area contributed by atoms with Crippen molar-refractivity contribution in [2.24, 2.45) is 0 Å². The fourth-order valence-electron chi connectivity index (χ4n) is 5.25. The Morgan fingerprint density at radius 1 is 1.18 bits per heavy atom. The van der Waals surface area contributed by atoms with Crippen molar-refractivity contribution in [1.29, 1.82) is 5.26 Å². The van der Waals surface area contributed by atoms with Gasteiger partial charge in [0, 0.05) is 25.1 Å². The molecule has 1 aliphatic heterocycles. The van der Waals surface area contributed by atoms with Crippen molar-refractivity contribution in [3.63, 3.8) is 0 Å². The molecule has 9 heteroatoms. The number of pyridine rings is 1. The molecule has 9 nitrogen and oxygen atoms in total. The number of hydrogen-bond acceptors (Lipinski definition) is 6. The van der Waals surface area contributed by atoms with Crippen LogP contribution in [0.25, 0.3) is 32.9 Å². The van der Waals surface area contributed by atoms with Gasteiger partial charge in [-0.05, 0) is 88.8 Å². The number of alkyl carbamates (subject to hydrolysis) is 1. The third kappa shape index (κ3) is 5.58. The molecule has 4 aromatic rings. The van der Waals surface area contributed by atoms with E-state index in [2.05, 4.69) is 17.5 Å². The highest BCUT2D eigenvalue weighted by Gasteiger charge is 2.24. The van der Waals surface area contributed by atoms with E-state index in [0.29, 0.717) is 42.6 Å². The first kappa shape index (κ1) is 27.4. The highest BCUT2D eigenvalue weighted by Crippen LogP contribution is 2.32. The molecule has 1 aliphatic rings. The quantitative estimate of drug-likeness (QED) is 0.308. The molecule has 40 heavy (non-hydrogen) atoms. The van der Waals surface area contributed by atoms with E-state index in [9.17, 15) is 14.9 Å². The van der Waals surface area contributed by atoms with Gasteiger partial charge >= 0.3 is 6.09 Å². The van der Waals surface area contributed by atoms with E-state index in [1.165, 1.54) is 0 Å². The molecule has 1 unspecified atom stereocenters. The van der Waals surface area contributed by atoms with E-state index in [0.717, 1.165) is 47.0 Å². The fourth-order valence-corrected chi connectivity index (χ4v) is 5.25. The van der Waals surface area contributed by atoms with Crippen molar-refractivity contribution < 1.29 is 14.3 Å². The number of nitrogens with one attached hydrogen (secondary N) is 1. The molecule has 1 saturated heterocycles. The molecule has 1 fully saturated rings. The summed E-state index contributed by atoms with van der Waals surface area (Å²) >= 11 is 0. The zero-order chi connectivity index (χ0) is 28.4. The predicted octanol–water partition coefficient (Wildman–Crippen LogP) is 5.81. The molecule has 1 amide bonds. The van der Waals surface area contributed by atoms with Crippen molar-refractivity contribution in [2.45, 2.75) is 71.8 Å². The van der Waals surface area contributed by atoms with Gasteiger partial charge in [0.05, 0.1) is 28.2 Å². The Bertz CT molecular complexity index is 1650. The van der Waals surface area contributed by atoms with Gasteiger partial charge < -0.3 is 19.4 Å². The fraction of sp³-hybridized carbons (Fsp3) is 0.419. The van der Waals surface area contributed by atoms with Crippen molar-refractivity contribution in [3.8, 4) is 17.2 Å². The van der Waals surface area contributed by atoms with Crippen molar-refractivity contribution in [2.75, 3.05) is 13.2 Å². The summed E-state index contributed by atoms with van der Waals surface area (Å²) in [6.45, 7) is 8.86. The van der Waals surface area contributed by atoms with Gasteiger partial charge in [0.1, 0.15) is 17.3 Å². The van der Waals surface area contributed by atoms with E-state index in [1.807, 2.05) is 56.6 Å². The van der Waals surface area contributed by atoms with E-state index in [-0.39, 0.29) is 11.8 Å².